The maximum atomic E-state index is 12.3. The molecule has 1 fully saturated rings. The second kappa shape index (κ2) is 9.22. The fourth-order valence-electron chi connectivity index (χ4n) is 3.05. The molecule has 11 nitrogen and oxygen atoms in total. The molecule has 1 aliphatic heterocycles. The summed E-state index contributed by atoms with van der Waals surface area (Å²) in [4.78, 5) is 28.8. The smallest absolute Gasteiger partial charge is 0.360 e. The number of nitrogens with zero attached hydrogens (tertiary/aromatic N) is 5. The summed E-state index contributed by atoms with van der Waals surface area (Å²) in [5.41, 5.74) is 1.47. The molecular formula is C20H21N7O4S. The minimum Gasteiger partial charge on any atom is -0.494 e. The number of carbonyl (C=O) groups is 2. The SMILES string of the molecule is COC(=O)c1nnc(NC(=O)C2CSC2)cc1Nc1cccc(-c2ncn(C)n2)c1OC. The number of methoxy groups -OCH3 is 2. The lowest BCUT2D eigenvalue weighted by Crippen LogP contribution is -2.33. The van der Waals surface area contributed by atoms with Crippen molar-refractivity contribution in [3.8, 4) is 17.1 Å². The Morgan fingerprint density at radius 2 is 2.00 bits per heavy atom. The van der Waals surface area contributed by atoms with Crippen LogP contribution in [0.15, 0.2) is 30.6 Å². The summed E-state index contributed by atoms with van der Waals surface area (Å²) >= 11 is 1.71. The van der Waals surface area contributed by atoms with Crippen LogP contribution >= 0.6 is 11.8 Å². The van der Waals surface area contributed by atoms with Crippen molar-refractivity contribution < 1.29 is 19.1 Å². The van der Waals surface area contributed by atoms with Gasteiger partial charge in [0.2, 0.25) is 5.91 Å². The molecule has 1 aliphatic rings. The van der Waals surface area contributed by atoms with E-state index >= 15 is 0 Å². The van der Waals surface area contributed by atoms with Crippen molar-refractivity contribution in [3.05, 3.63) is 36.3 Å². The minimum absolute atomic E-state index is 0.0342. The van der Waals surface area contributed by atoms with Crippen LogP contribution in [-0.4, -0.2) is 62.6 Å². The van der Waals surface area contributed by atoms with Gasteiger partial charge >= 0.3 is 5.97 Å². The Kier molecular flexibility index (Phi) is 6.21. The molecular weight excluding hydrogens is 434 g/mol. The second-order valence-electron chi connectivity index (χ2n) is 6.96. The summed E-state index contributed by atoms with van der Waals surface area (Å²) in [5.74, 6) is 1.88. The van der Waals surface area contributed by atoms with Gasteiger partial charge in [-0.15, -0.1) is 10.2 Å². The summed E-state index contributed by atoms with van der Waals surface area (Å²) in [6.45, 7) is 0. The first-order chi connectivity index (χ1) is 15.5. The van der Waals surface area contributed by atoms with Crippen molar-refractivity contribution in [3.63, 3.8) is 0 Å². The van der Waals surface area contributed by atoms with Crippen molar-refractivity contribution in [2.24, 2.45) is 13.0 Å². The summed E-state index contributed by atoms with van der Waals surface area (Å²) in [5, 5.41) is 18.1. The second-order valence-corrected chi connectivity index (χ2v) is 8.04. The highest BCUT2D eigenvalue weighted by Crippen LogP contribution is 2.37. The largest absolute Gasteiger partial charge is 0.494 e. The van der Waals surface area contributed by atoms with Gasteiger partial charge in [-0.2, -0.15) is 16.9 Å². The Bertz CT molecular complexity index is 1160. The molecule has 3 aromatic rings. The Balaban J connectivity index is 1.69. The van der Waals surface area contributed by atoms with Crippen LogP contribution in [0.3, 0.4) is 0 Å². The maximum absolute atomic E-state index is 12.3. The molecule has 3 heterocycles. The van der Waals surface area contributed by atoms with Gasteiger partial charge in [0.1, 0.15) is 6.33 Å². The number of ether oxygens (including phenoxy) is 2. The number of amides is 1. The highest BCUT2D eigenvalue weighted by molar-refractivity contribution is 8.00. The normalized spacial score (nSPS) is 13.2. The van der Waals surface area contributed by atoms with E-state index < -0.39 is 5.97 Å². The molecule has 0 aliphatic carbocycles. The van der Waals surface area contributed by atoms with E-state index in [4.69, 9.17) is 9.47 Å². The molecule has 2 aromatic heterocycles. The van der Waals surface area contributed by atoms with E-state index in [1.807, 2.05) is 6.07 Å². The van der Waals surface area contributed by atoms with Crippen LogP contribution in [0.1, 0.15) is 10.5 Å². The number of thioether (sulfide) groups is 1. The van der Waals surface area contributed by atoms with E-state index in [1.165, 1.54) is 20.3 Å². The fourth-order valence-corrected chi connectivity index (χ4v) is 3.82. The number of aryl methyl sites for hydroxylation is 1. The highest BCUT2D eigenvalue weighted by atomic mass is 32.2. The average Bonchev–Trinajstić information content (AvgIpc) is 3.18. The number of anilines is 3. The molecule has 0 unspecified atom stereocenters. The molecule has 32 heavy (non-hydrogen) atoms. The van der Waals surface area contributed by atoms with Crippen LogP contribution in [0.2, 0.25) is 0 Å². The van der Waals surface area contributed by atoms with Gasteiger partial charge in [-0.05, 0) is 12.1 Å². The van der Waals surface area contributed by atoms with Gasteiger partial charge in [-0.3, -0.25) is 9.48 Å². The van der Waals surface area contributed by atoms with Crippen molar-refractivity contribution >= 4 is 40.8 Å². The average molecular weight is 456 g/mol. The van der Waals surface area contributed by atoms with Crippen LogP contribution in [0.4, 0.5) is 17.2 Å². The van der Waals surface area contributed by atoms with Gasteiger partial charge in [-0.1, -0.05) is 6.07 Å². The quantitative estimate of drug-likeness (QED) is 0.510. The summed E-state index contributed by atoms with van der Waals surface area (Å²) in [6, 6.07) is 6.94. The lowest BCUT2D eigenvalue weighted by atomic mass is 10.1. The third-order valence-corrected chi connectivity index (χ3v) is 6.04. The Morgan fingerprint density at radius 1 is 1.19 bits per heavy atom. The zero-order valence-electron chi connectivity index (χ0n) is 17.7. The number of aromatic nitrogens is 5. The van der Waals surface area contributed by atoms with E-state index in [9.17, 15) is 9.59 Å². The van der Waals surface area contributed by atoms with Crippen LogP contribution in [0.5, 0.6) is 5.75 Å². The van der Waals surface area contributed by atoms with Gasteiger partial charge in [-0.25, -0.2) is 9.78 Å². The summed E-state index contributed by atoms with van der Waals surface area (Å²) in [7, 11) is 4.56. The number of rotatable bonds is 7. The minimum atomic E-state index is -0.671. The van der Waals surface area contributed by atoms with Crippen molar-refractivity contribution in [1.29, 1.82) is 0 Å². The number of hydrogen-bond acceptors (Lipinski definition) is 10. The first-order valence-corrected chi connectivity index (χ1v) is 10.8. The molecule has 2 N–H and O–H groups in total. The molecule has 1 aromatic carbocycles. The van der Waals surface area contributed by atoms with E-state index in [2.05, 4.69) is 30.9 Å². The van der Waals surface area contributed by atoms with E-state index in [-0.39, 0.29) is 23.3 Å². The molecule has 0 atom stereocenters. The van der Waals surface area contributed by atoms with Gasteiger partial charge in [0.05, 0.1) is 37.1 Å². The zero-order chi connectivity index (χ0) is 22.7. The molecule has 4 rings (SSSR count). The monoisotopic (exact) mass is 455 g/mol. The Labute approximate surface area is 187 Å². The van der Waals surface area contributed by atoms with E-state index in [0.717, 1.165) is 11.5 Å². The molecule has 0 radical (unpaired) electrons. The molecule has 12 heteroatoms. The number of nitrogens with one attached hydrogen (secondary N) is 2. The first-order valence-electron chi connectivity index (χ1n) is 9.64. The number of hydrogen-bond donors (Lipinski definition) is 2. The summed E-state index contributed by atoms with van der Waals surface area (Å²) in [6.07, 6.45) is 1.59. The predicted molar refractivity (Wildman–Crippen MR) is 119 cm³/mol. The van der Waals surface area contributed by atoms with Gasteiger partial charge < -0.3 is 20.1 Å². The zero-order valence-corrected chi connectivity index (χ0v) is 18.5. The van der Waals surface area contributed by atoms with Crippen LogP contribution < -0.4 is 15.4 Å². The third kappa shape index (κ3) is 4.35. The van der Waals surface area contributed by atoms with Gasteiger partial charge in [0, 0.05) is 24.6 Å². The summed E-state index contributed by atoms with van der Waals surface area (Å²) < 4.78 is 12.0. The number of carbonyl (C=O) groups excluding carboxylic acids is 2. The van der Waals surface area contributed by atoms with Gasteiger partial charge in [0.25, 0.3) is 0 Å². The van der Waals surface area contributed by atoms with E-state index in [0.29, 0.717) is 28.5 Å². The van der Waals surface area contributed by atoms with Crippen LogP contribution in [-0.2, 0) is 16.6 Å². The Hall–Kier alpha value is -3.67. The van der Waals surface area contributed by atoms with Crippen LogP contribution in [0.25, 0.3) is 11.4 Å². The number of benzene rings is 1. The third-order valence-electron chi connectivity index (χ3n) is 4.76. The lowest BCUT2D eigenvalue weighted by Gasteiger charge is -2.23. The lowest BCUT2D eigenvalue weighted by molar-refractivity contribution is -0.118. The molecule has 0 bridgehead atoms. The number of esters is 1. The molecule has 0 spiro atoms. The van der Waals surface area contributed by atoms with Gasteiger partial charge in [0.15, 0.2) is 23.1 Å². The number of para-hydroxylation sites is 1. The van der Waals surface area contributed by atoms with E-state index in [1.54, 1.807) is 42.0 Å². The molecule has 1 amide bonds. The standard InChI is InChI=1S/C20H21N7O4S/c1-27-10-21-18(26-27)12-5-4-6-13(17(12)30-2)22-14-7-15(23-19(28)11-8-32-9-11)24-25-16(14)20(29)31-3/h4-7,10-11H,8-9H2,1-3H3,(H2,22,23,24,28). The predicted octanol–water partition coefficient (Wildman–Crippen LogP) is 2.11. The topological polar surface area (TPSA) is 133 Å². The van der Waals surface area contributed by atoms with Crippen LogP contribution in [0, 0.1) is 5.92 Å². The maximum Gasteiger partial charge on any atom is 0.360 e. The highest BCUT2D eigenvalue weighted by Gasteiger charge is 2.27. The molecule has 1 saturated heterocycles. The van der Waals surface area contributed by atoms with Crippen molar-refractivity contribution in [2.75, 3.05) is 36.4 Å². The first kappa shape index (κ1) is 21.6. The molecule has 0 saturated carbocycles. The molecule has 166 valence electrons. The fraction of sp³-hybridized carbons (Fsp3) is 0.300. The van der Waals surface area contributed by atoms with Crippen molar-refractivity contribution in [2.45, 2.75) is 0 Å². The van der Waals surface area contributed by atoms with Crippen molar-refractivity contribution in [1.82, 2.24) is 25.0 Å². The Morgan fingerprint density at radius 3 is 2.62 bits per heavy atom.